The van der Waals surface area contributed by atoms with Crippen molar-refractivity contribution < 1.29 is 4.74 Å². The minimum atomic E-state index is 0.105. The second-order valence-corrected chi connectivity index (χ2v) is 11.9. The largest absolute Gasteiger partial charge is 0.493 e. The molecule has 1 heterocycles. The summed E-state index contributed by atoms with van der Waals surface area (Å²) >= 11 is 0. The number of allylic oxidation sites excluding steroid dienone is 4. The van der Waals surface area contributed by atoms with Crippen LogP contribution in [0.2, 0.25) is 0 Å². The van der Waals surface area contributed by atoms with Crippen molar-refractivity contribution in [1.29, 1.82) is 0 Å². The fourth-order valence-corrected chi connectivity index (χ4v) is 6.14. The Kier molecular flexibility index (Phi) is 9.78. The highest BCUT2D eigenvalue weighted by atomic mass is 16.5. The van der Waals surface area contributed by atoms with E-state index in [4.69, 9.17) is 4.74 Å². The van der Waals surface area contributed by atoms with Crippen molar-refractivity contribution in [2.75, 3.05) is 6.61 Å². The van der Waals surface area contributed by atoms with Gasteiger partial charge in [0.1, 0.15) is 5.75 Å². The number of hydrogen-bond acceptors (Lipinski definition) is 3. The quantitative estimate of drug-likeness (QED) is 0.228. The number of benzene rings is 2. The lowest BCUT2D eigenvalue weighted by atomic mass is 9.77. The second-order valence-electron chi connectivity index (χ2n) is 11.9. The highest BCUT2D eigenvalue weighted by Crippen LogP contribution is 2.39. The Morgan fingerprint density at radius 3 is 2.54 bits per heavy atom. The van der Waals surface area contributed by atoms with Gasteiger partial charge in [-0.3, -0.25) is 0 Å². The molecule has 39 heavy (non-hydrogen) atoms. The molecule has 3 unspecified atom stereocenters. The monoisotopic (exact) mass is 524 g/mol. The van der Waals surface area contributed by atoms with E-state index in [1.165, 1.54) is 41.6 Å². The Morgan fingerprint density at radius 1 is 1.08 bits per heavy atom. The molecule has 0 fully saturated rings. The fraction of sp³-hybridized carbons (Fsp3) is 0.444. The van der Waals surface area contributed by atoms with E-state index in [9.17, 15) is 0 Å². The van der Waals surface area contributed by atoms with Gasteiger partial charge in [0.25, 0.3) is 0 Å². The molecule has 0 radical (unpaired) electrons. The normalized spacial score (nSPS) is 20.1. The molecule has 3 nitrogen and oxygen atoms in total. The number of aryl methyl sites for hydroxylation is 2. The molecule has 0 spiro atoms. The Morgan fingerprint density at radius 2 is 1.85 bits per heavy atom. The molecule has 2 N–H and O–H groups in total. The molecule has 1 aliphatic carbocycles. The molecule has 0 saturated carbocycles. The van der Waals surface area contributed by atoms with Crippen LogP contribution in [-0.2, 0) is 0 Å². The van der Waals surface area contributed by atoms with Gasteiger partial charge in [-0.05, 0) is 85.8 Å². The van der Waals surface area contributed by atoms with Crippen LogP contribution >= 0.6 is 0 Å². The van der Waals surface area contributed by atoms with Gasteiger partial charge in [0.2, 0.25) is 0 Å². The number of ether oxygens (including phenoxy) is 1. The Labute approximate surface area is 237 Å². The number of hydrogen-bond donors (Lipinski definition) is 2. The molecule has 4 rings (SSSR count). The van der Waals surface area contributed by atoms with Gasteiger partial charge in [-0.15, -0.1) is 6.58 Å². The van der Waals surface area contributed by atoms with Gasteiger partial charge in [-0.2, -0.15) is 0 Å². The molecule has 3 atom stereocenters. The first-order valence-corrected chi connectivity index (χ1v) is 14.8. The Hall–Kier alpha value is -3.20. The van der Waals surface area contributed by atoms with Crippen LogP contribution in [0.3, 0.4) is 0 Å². The lowest BCUT2D eigenvalue weighted by Gasteiger charge is -2.39. The van der Waals surface area contributed by atoms with Gasteiger partial charge in [-0.25, -0.2) is 0 Å². The van der Waals surface area contributed by atoms with E-state index >= 15 is 0 Å². The summed E-state index contributed by atoms with van der Waals surface area (Å²) in [5.41, 5.74) is 9.13. The van der Waals surface area contributed by atoms with Crippen molar-refractivity contribution >= 4 is 5.70 Å². The SMILES string of the molecule is C=CCCOc1cc(C2=CC=CC(C(NC3=C(C(C)C)CCCC3C(C)C)c3ccccc3)N2)c(C)cc1C. The maximum Gasteiger partial charge on any atom is 0.122 e. The lowest BCUT2D eigenvalue weighted by Crippen LogP contribution is -2.43. The van der Waals surface area contributed by atoms with Crippen molar-refractivity contribution in [2.45, 2.75) is 79.3 Å². The van der Waals surface area contributed by atoms with Crippen molar-refractivity contribution in [3.63, 3.8) is 0 Å². The first-order chi connectivity index (χ1) is 18.8. The first kappa shape index (κ1) is 28.8. The molecule has 2 aromatic carbocycles. The summed E-state index contributed by atoms with van der Waals surface area (Å²) in [4.78, 5) is 0. The summed E-state index contributed by atoms with van der Waals surface area (Å²) < 4.78 is 6.11. The van der Waals surface area contributed by atoms with Gasteiger partial charge in [0.15, 0.2) is 0 Å². The Balaban J connectivity index is 1.68. The smallest absolute Gasteiger partial charge is 0.122 e. The van der Waals surface area contributed by atoms with Crippen LogP contribution in [0.5, 0.6) is 5.75 Å². The minimum absolute atomic E-state index is 0.105. The highest BCUT2D eigenvalue weighted by Gasteiger charge is 2.32. The second kappa shape index (κ2) is 13.2. The number of rotatable bonds is 11. The standard InChI is InChI=1S/C36H48N2O/c1-8-9-21-39-34-23-31(26(6)22-27(34)7)32-19-14-20-33(37-32)35(28-15-11-10-12-16-28)38-36-29(24(2)3)17-13-18-30(36)25(4)5/h8,10-12,14-16,19-20,22-25,29,33,35,37-38H,1,9,13,17-18,21H2,2-7H3. The summed E-state index contributed by atoms with van der Waals surface area (Å²) in [6.07, 6.45) is 13.2. The average molecular weight is 525 g/mol. The van der Waals surface area contributed by atoms with E-state index in [1.807, 2.05) is 6.08 Å². The van der Waals surface area contributed by atoms with Gasteiger partial charge in [0.05, 0.1) is 18.7 Å². The van der Waals surface area contributed by atoms with Gasteiger partial charge in [0, 0.05) is 22.9 Å². The topological polar surface area (TPSA) is 33.3 Å². The summed E-state index contributed by atoms with van der Waals surface area (Å²) in [5.74, 6) is 2.67. The fourth-order valence-electron chi connectivity index (χ4n) is 6.14. The van der Waals surface area contributed by atoms with E-state index in [2.05, 4.69) is 119 Å². The molecule has 0 aromatic heterocycles. The van der Waals surface area contributed by atoms with Crippen LogP contribution in [0, 0.1) is 31.6 Å². The van der Waals surface area contributed by atoms with E-state index < -0.39 is 0 Å². The first-order valence-electron chi connectivity index (χ1n) is 14.8. The zero-order valence-electron chi connectivity index (χ0n) is 24.9. The summed E-state index contributed by atoms with van der Waals surface area (Å²) in [6.45, 7) is 18.2. The molecule has 0 amide bonds. The van der Waals surface area contributed by atoms with Crippen molar-refractivity contribution in [3.8, 4) is 5.75 Å². The van der Waals surface area contributed by atoms with Crippen molar-refractivity contribution in [3.05, 3.63) is 107 Å². The van der Waals surface area contributed by atoms with Crippen LogP contribution in [0.15, 0.2) is 84.6 Å². The third-order valence-corrected chi connectivity index (χ3v) is 8.30. The van der Waals surface area contributed by atoms with Crippen LogP contribution in [0.1, 0.15) is 81.7 Å². The molecular weight excluding hydrogens is 476 g/mol. The third-order valence-electron chi connectivity index (χ3n) is 8.30. The van der Waals surface area contributed by atoms with Gasteiger partial charge < -0.3 is 15.4 Å². The van der Waals surface area contributed by atoms with Crippen LogP contribution < -0.4 is 15.4 Å². The maximum atomic E-state index is 6.11. The van der Waals surface area contributed by atoms with Crippen LogP contribution in [0.25, 0.3) is 5.70 Å². The van der Waals surface area contributed by atoms with E-state index in [0.29, 0.717) is 24.4 Å². The molecular formula is C36H48N2O. The molecule has 3 heteroatoms. The van der Waals surface area contributed by atoms with Crippen LogP contribution in [0.4, 0.5) is 0 Å². The van der Waals surface area contributed by atoms with Crippen molar-refractivity contribution in [2.24, 2.45) is 17.8 Å². The number of dihydropyridines is 1. The van der Waals surface area contributed by atoms with Crippen molar-refractivity contribution in [1.82, 2.24) is 10.6 Å². The average Bonchev–Trinajstić information content (AvgIpc) is 2.93. The zero-order chi connectivity index (χ0) is 27.9. The maximum absolute atomic E-state index is 6.11. The zero-order valence-corrected chi connectivity index (χ0v) is 24.9. The molecule has 208 valence electrons. The number of nitrogens with one attached hydrogen (secondary N) is 2. The summed E-state index contributed by atoms with van der Waals surface area (Å²) in [6, 6.07) is 15.6. The van der Waals surface area contributed by atoms with Gasteiger partial charge in [-0.1, -0.05) is 82.3 Å². The molecule has 2 aromatic rings. The molecule has 1 aliphatic heterocycles. The highest BCUT2D eigenvalue weighted by molar-refractivity contribution is 5.71. The Bertz CT molecular complexity index is 1220. The van der Waals surface area contributed by atoms with E-state index in [-0.39, 0.29) is 12.1 Å². The van der Waals surface area contributed by atoms with Gasteiger partial charge >= 0.3 is 0 Å². The minimum Gasteiger partial charge on any atom is -0.493 e. The molecule has 0 bridgehead atoms. The molecule has 2 aliphatic rings. The summed E-state index contributed by atoms with van der Waals surface area (Å²) in [5, 5.41) is 8.07. The summed E-state index contributed by atoms with van der Waals surface area (Å²) in [7, 11) is 0. The van der Waals surface area contributed by atoms with E-state index in [1.54, 1.807) is 5.57 Å². The lowest BCUT2D eigenvalue weighted by molar-refractivity contribution is 0.322. The predicted molar refractivity (Wildman–Crippen MR) is 167 cm³/mol. The molecule has 0 saturated heterocycles. The van der Waals surface area contributed by atoms with E-state index in [0.717, 1.165) is 23.4 Å². The third kappa shape index (κ3) is 6.87. The van der Waals surface area contributed by atoms with Crippen LogP contribution in [-0.4, -0.2) is 12.6 Å². The predicted octanol–water partition coefficient (Wildman–Crippen LogP) is 8.82.